The van der Waals surface area contributed by atoms with Gasteiger partial charge in [-0.25, -0.2) is 0 Å². The van der Waals surface area contributed by atoms with Crippen LogP contribution in [0.3, 0.4) is 0 Å². The molecule has 17 heavy (non-hydrogen) atoms. The number of benzene rings is 1. The Labute approximate surface area is 101 Å². The van der Waals surface area contributed by atoms with Crippen LogP contribution in [0.1, 0.15) is 31.2 Å². The molecule has 0 radical (unpaired) electrons. The summed E-state index contributed by atoms with van der Waals surface area (Å²) in [7, 11) is 0. The van der Waals surface area contributed by atoms with Crippen molar-refractivity contribution in [2.75, 3.05) is 0 Å². The van der Waals surface area contributed by atoms with E-state index in [0.717, 1.165) is 25.7 Å². The summed E-state index contributed by atoms with van der Waals surface area (Å²) in [4.78, 5) is 0. The summed E-state index contributed by atoms with van der Waals surface area (Å²) in [6, 6.07) is 5.37. The van der Waals surface area contributed by atoms with E-state index in [1.807, 2.05) is 0 Å². The number of para-hydroxylation sites is 1. The van der Waals surface area contributed by atoms with Crippen molar-refractivity contribution in [2.24, 2.45) is 0 Å². The number of hydrogen-bond donors (Lipinski definition) is 4. The van der Waals surface area contributed by atoms with E-state index in [1.165, 1.54) is 6.07 Å². The molecule has 4 heteroatoms. The molecule has 0 bridgehead atoms. The van der Waals surface area contributed by atoms with Gasteiger partial charge in [-0.2, -0.15) is 0 Å². The highest BCUT2D eigenvalue weighted by molar-refractivity contribution is 5.44. The average molecular weight is 237 g/mol. The number of nitrogens with one attached hydrogen (secondary N) is 1. The monoisotopic (exact) mass is 237 g/mol. The molecule has 1 fully saturated rings. The third-order valence-electron chi connectivity index (χ3n) is 3.38. The van der Waals surface area contributed by atoms with Crippen LogP contribution in [0.2, 0.25) is 0 Å². The highest BCUT2D eigenvalue weighted by Crippen LogP contribution is 2.28. The average Bonchev–Trinajstić information content (AvgIpc) is 2.33. The van der Waals surface area contributed by atoms with E-state index in [4.69, 9.17) is 0 Å². The number of aliphatic hydroxyl groups excluding tert-OH is 1. The fraction of sp³-hybridized carbons (Fsp3) is 0.538. The summed E-state index contributed by atoms with van der Waals surface area (Å²) in [6.07, 6.45) is 3.44. The van der Waals surface area contributed by atoms with Crippen molar-refractivity contribution in [1.82, 2.24) is 5.32 Å². The first kappa shape index (κ1) is 12.2. The quantitative estimate of drug-likeness (QED) is 0.601. The summed E-state index contributed by atoms with van der Waals surface area (Å²) in [6.45, 7) is 0.543. The van der Waals surface area contributed by atoms with E-state index in [2.05, 4.69) is 5.32 Å². The zero-order valence-corrected chi connectivity index (χ0v) is 9.76. The maximum Gasteiger partial charge on any atom is 0.161 e. The number of phenols is 2. The van der Waals surface area contributed by atoms with Gasteiger partial charge in [-0.15, -0.1) is 0 Å². The van der Waals surface area contributed by atoms with Crippen LogP contribution in [0.5, 0.6) is 11.5 Å². The molecule has 0 unspecified atom stereocenters. The van der Waals surface area contributed by atoms with Crippen molar-refractivity contribution in [2.45, 2.75) is 44.4 Å². The Morgan fingerprint density at radius 2 is 1.82 bits per heavy atom. The molecule has 0 saturated heterocycles. The molecule has 0 aromatic heterocycles. The fourth-order valence-electron chi connectivity index (χ4n) is 2.25. The Hall–Kier alpha value is -1.26. The standard InChI is InChI=1S/C13H19NO3/c15-11-6-4-10(5-7-11)14-8-9-2-1-3-12(16)13(9)17/h1-3,10-11,14-17H,4-8H2. The van der Waals surface area contributed by atoms with Crippen LogP contribution >= 0.6 is 0 Å². The Kier molecular flexibility index (Phi) is 3.86. The van der Waals surface area contributed by atoms with Gasteiger partial charge in [-0.05, 0) is 31.7 Å². The smallest absolute Gasteiger partial charge is 0.161 e. The molecule has 1 aromatic rings. The largest absolute Gasteiger partial charge is 0.504 e. The van der Waals surface area contributed by atoms with Gasteiger partial charge in [0.25, 0.3) is 0 Å². The van der Waals surface area contributed by atoms with Crippen LogP contribution in [0.25, 0.3) is 0 Å². The molecule has 1 aliphatic carbocycles. The fourth-order valence-corrected chi connectivity index (χ4v) is 2.25. The molecular formula is C13H19NO3. The molecule has 0 heterocycles. The number of rotatable bonds is 3. The zero-order valence-electron chi connectivity index (χ0n) is 9.76. The van der Waals surface area contributed by atoms with E-state index in [-0.39, 0.29) is 17.6 Å². The maximum absolute atomic E-state index is 9.64. The van der Waals surface area contributed by atoms with E-state index in [1.54, 1.807) is 12.1 Å². The van der Waals surface area contributed by atoms with Gasteiger partial charge in [0.1, 0.15) is 0 Å². The van der Waals surface area contributed by atoms with Crippen molar-refractivity contribution in [3.05, 3.63) is 23.8 Å². The number of aromatic hydroxyl groups is 2. The second-order valence-electron chi connectivity index (χ2n) is 4.67. The molecule has 4 N–H and O–H groups in total. The minimum atomic E-state index is -0.151. The summed E-state index contributed by atoms with van der Waals surface area (Å²) in [5.41, 5.74) is 0.705. The van der Waals surface area contributed by atoms with Crippen molar-refractivity contribution in [3.8, 4) is 11.5 Å². The molecule has 0 atom stereocenters. The summed E-state index contributed by atoms with van der Waals surface area (Å²) in [5, 5.41) is 31.7. The van der Waals surface area contributed by atoms with Crippen LogP contribution in [-0.4, -0.2) is 27.5 Å². The molecular weight excluding hydrogens is 218 g/mol. The van der Waals surface area contributed by atoms with Gasteiger partial charge in [-0.1, -0.05) is 12.1 Å². The number of phenolic OH excluding ortho intramolecular Hbond substituents is 2. The first-order valence-electron chi connectivity index (χ1n) is 6.08. The molecule has 94 valence electrons. The lowest BCUT2D eigenvalue weighted by Crippen LogP contribution is -2.34. The first-order chi connectivity index (χ1) is 8.16. The van der Waals surface area contributed by atoms with Crippen LogP contribution in [-0.2, 0) is 6.54 Å². The Balaban J connectivity index is 1.87. The zero-order chi connectivity index (χ0) is 12.3. The molecule has 4 nitrogen and oxygen atoms in total. The van der Waals surface area contributed by atoms with Gasteiger partial charge >= 0.3 is 0 Å². The van der Waals surface area contributed by atoms with Crippen molar-refractivity contribution in [1.29, 1.82) is 0 Å². The Bertz CT molecular complexity index is 373. The second-order valence-corrected chi connectivity index (χ2v) is 4.67. The minimum Gasteiger partial charge on any atom is -0.504 e. The number of hydrogen-bond acceptors (Lipinski definition) is 4. The summed E-state index contributed by atoms with van der Waals surface area (Å²) in [5.74, 6) is -0.126. The van der Waals surface area contributed by atoms with Gasteiger partial charge < -0.3 is 20.6 Å². The third kappa shape index (κ3) is 3.11. The predicted molar refractivity (Wildman–Crippen MR) is 64.9 cm³/mol. The number of aliphatic hydroxyl groups is 1. The van der Waals surface area contributed by atoms with Gasteiger partial charge in [0.15, 0.2) is 11.5 Å². The second kappa shape index (κ2) is 5.38. The lowest BCUT2D eigenvalue weighted by molar-refractivity contribution is 0.116. The third-order valence-corrected chi connectivity index (χ3v) is 3.38. The minimum absolute atomic E-state index is 0.0455. The SMILES string of the molecule is Oc1cccc(CNC2CCC(O)CC2)c1O. The Morgan fingerprint density at radius 3 is 2.53 bits per heavy atom. The predicted octanol–water partition coefficient (Wildman–Crippen LogP) is 1.49. The van der Waals surface area contributed by atoms with Crippen molar-refractivity contribution < 1.29 is 15.3 Å². The van der Waals surface area contributed by atoms with Crippen LogP contribution in [0.15, 0.2) is 18.2 Å². The summed E-state index contributed by atoms with van der Waals surface area (Å²) >= 11 is 0. The van der Waals surface area contributed by atoms with Crippen LogP contribution < -0.4 is 5.32 Å². The van der Waals surface area contributed by atoms with Gasteiger partial charge in [-0.3, -0.25) is 0 Å². The topological polar surface area (TPSA) is 72.7 Å². The van der Waals surface area contributed by atoms with Crippen molar-refractivity contribution >= 4 is 0 Å². The Morgan fingerprint density at radius 1 is 1.12 bits per heavy atom. The van der Waals surface area contributed by atoms with E-state index >= 15 is 0 Å². The molecule has 1 aliphatic rings. The molecule has 1 aromatic carbocycles. The lowest BCUT2D eigenvalue weighted by atomic mass is 9.93. The van der Waals surface area contributed by atoms with Gasteiger partial charge in [0.2, 0.25) is 0 Å². The molecule has 0 spiro atoms. The first-order valence-corrected chi connectivity index (χ1v) is 6.08. The van der Waals surface area contributed by atoms with E-state index < -0.39 is 0 Å². The van der Waals surface area contributed by atoms with Gasteiger partial charge in [0.05, 0.1) is 6.10 Å². The molecule has 1 saturated carbocycles. The van der Waals surface area contributed by atoms with Crippen molar-refractivity contribution in [3.63, 3.8) is 0 Å². The maximum atomic E-state index is 9.64. The lowest BCUT2D eigenvalue weighted by Gasteiger charge is -2.26. The van der Waals surface area contributed by atoms with Crippen LogP contribution in [0.4, 0.5) is 0 Å². The van der Waals surface area contributed by atoms with Crippen LogP contribution in [0, 0.1) is 0 Å². The highest BCUT2D eigenvalue weighted by atomic mass is 16.3. The molecule has 0 amide bonds. The van der Waals surface area contributed by atoms with E-state index in [0.29, 0.717) is 18.2 Å². The van der Waals surface area contributed by atoms with E-state index in [9.17, 15) is 15.3 Å². The molecule has 2 rings (SSSR count). The summed E-state index contributed by atoms with van der Waals surface area (Å²) < 4.78 is 0. The molecule has 0 aliphatic heterocycles. The van der Waals surface area contributed by atoms with Gasteiger partial charge in [0, 0.05) is 18.2 Å². The normalized spacial score (nSPS) is 24.8. The highest BCUT2D eigenvalue weighted by Gasteiger charge is 2.19.